The summed E-state index contributed by atoms with van der Waals surface area (Å²) in [6.07, 6.45) is 0.680. The van der Waals surface area contributed by atoms with Crippen molar-refractivity contribution in [1.82, 2.24) is 10.1 Å². The normalized spacial score (nSPS) is 12.3. The van der Waals surface area contributed by atoms with Crippen molar-refractivity contribution < 1.29 is 19.2 Å². The molecule has 0 fully saturated rings. The Balaban J connectivity index is 1.75. The molecule has 0 aliphatic rings. The first-order valence-corrected chi connectivity index (χ1v) is 11.7. The number of thiophene rings is 1. The summed E-state index contributed by atoms with van der Waals surface area (Å²) in [6.45, 7) is 10.5. The van der Waals surface area contributed by atoms with E-state index in [9.17, 15) is 9.90 Å². The van der Waals surface area contributed by atoms with Crippen LogP contribution in [0, 0.1) is 26.7 Å². The van der Waals surface area contributed by atoms with Crippen LogP contribution in [0.25, 0.3) is 22.2 Å². The van der Waals surface area contributed by atoms with Crippen LogP contribution in [-0.2, 0) is 11.2 Å². The summed E-state index contributed by atoms with van der Waals surface area (Å²) in [4.78, 5) is 16.5. The molecule has 2 heterocycles. The molecule has 3 N–H and O–H groups in total. The molecule has 0 aliphatic carbocycles. The summed E-state index contributed by atoms with van der Waals surface area (Å²) in [5, 5.41) is 16.4. The average molecular weight is 458 g/mol. The van der Waals surface area contributed by atoms with Crippen LogP contribution in [0.2, 0.25) is 0 Å². The zero-order valence-electron chi connectivity index (χ0n) is 19.3. The molecule has 3 rings (SSSR count). The number of aromatic nitrogens is 2. The molecule has 3 aromatic rings. The van der Waals surface area contributed by atoms with Crippen molar-refractivity contribution in [2.45, 2.75) is 60.0 Å². The molecule has 1 atom stereocenters. The summed E-state index contributed by atoms with van der Waals surface area (Å²) in [5.74, 6) is 1.91. The molecule has 0 spiro atoms. The highest BCUT2D eigenvalue weighted by Crippen LogP contribution is 2.34. The van der Waals surface area contributed by atoms with E-state index in [0.29, 0.717) is 23.4 Å². The maximum absolute atomic E-state index is 10.9. The van der Waals surface area contributed by atoms with Crippen molar-refractivity contribution in [3.8, 4) is 27.9 Å². The minimum Gasteiger partial charge on any atom is -0.490 e. The number of primary amides is 1. The van der Waals surface area contributed by atoms with Gasteiger partial charge in [-0.05, 0) is 79.3 Å². The van der Waals surface area contributed by atoms with Crippen molar-refractivity contribution in [3.63, 3.8) is 0 Å². The first-order chi connectivity index (χ1) is 15.2. The Bertz CT molecular complexity index is 1060. The Morgan fingerprint density at radius 2 is 1.94 bits per heavy atom. The smallest absolute Gasteiger partial charge is 0.258 e. The van der Waals surface area contributed by atoms with Gasteiger partial charge in [-0.15, -0.1) is 11.3 Å². The summed E-state index contributed by atoms with van der Waals surface area (Å²) in [6, 6.07) is 3.86. The van der Waals surface area contributed by atoms with Crippen molar-refractivity contribution in [3.05, 3.63) is 39.8 Å². The summed E-state index contributed by atoms with van der Waals surface area (Å²) in [5.41, 5.74) is 10.3. The minimum atomic E-state index is -0.755. The fraction of sp³-hybridized carbons (Fsp3) is 0.458. The highest BCUT2D eigenvalue weighted by Gasteiger charge is 2.18. The Morgan fingerprint density at radius 1 is 1.25 bits per heavy atom. The SMILES string of the molecule is Cc1cc(-c2nc(-c3scc(CC(C)C)c3C)no2)cc(C)c1OC[C@@H](O)CCC(N)=O. The van der Waals surface area contributed by atoms with Gasteiger partial charge in [0, 0.05) is 12.0 Å². The number of aryl methyl sites for hydroxylation is 2. The maximum atomic E-state index is 10.9. The predicted octanol–water partition coefficient (Wildman–Crippen LogP) is 4.59. The molecule has 1 aromatic carbocycles. The van der Waals surface area contributed by atoms with E-state index in [2.05, 4.69) is 36.3 Å². The van der Waals surface area contributed by atoms with Gasteiger partial charge in [0.05, 0.1) is 11.0 Å². The fourth-order valence-electron chi connectivity index (χ4n) is 3.62. The van der Waals surface area contributed by atoms with Gasteiger partial charge in [0.1, 0.15) is 12.4 Å². The topological polar surface area (TPSA) is 111 Å². The zero-order valence-corrected chi connectivity index (χ0v) is 20.1. The van der Waals surface area contributed by atoms with Crippen molar-refractivity contribution in [2.24, 2.45) is 11.7 Å². The molecule has 0 saturated carbocycles. The lowest BCUT2D eigenvalue weighted by molar-refractivity contribution is -0.118. The van der Waals surface area contributed by atoms with Crippen LogP contribution in [0.5, 0.6) is 5.75 Å². The molecule has 0 bridgehead atoms. The fourth-order valence-corrected chi connectivity index (χ4v) is 4.65. The summed E-state index contributed by atoms with van der Waals surface area (Å²) < 4.78 is 11.4. The van der Waals surface area contributed by atoms with E-state index >= 15 is 0 Å². The standard InChI is InChI=1S/C24H31N3O4S/c1-13(2)8-18-12-32-22(16(18)5)23-26-24(31-27-23)17-9-14(3)21(15(4)10-17)30-11-19(28)6-7-20(25)29/h9-10,12-13,19,28H,6-8,11H2,1-5H3,(H2,25,29)/t19-/m0/s1. The molecular formula is C24H31N3O4S. The van der Waals surface area contributed by atoms with E-state index in [1.165, 1.54) is 11.1 Å². The number of aliphatic hydroxyl groups excluding tert-OH is 1. The molecule has 1 amide bonds. The summed E-state index contributed by atoms with van der Waals surface area (Å²) >= 11 is 1.65. The van der Waals surface area contributed by atoms with Gasteiger partial charge < -0.3 is 20.1 Å². The Labute approximate surface area is 192 Å². The van der Waals surface area contributed by atoms with Crippen LogP contribution in [0.15, 0.2) is 22.0 Å². The average Bonchev–Trinajstić information content (AvgIpc) is 3.32. The lowest BCUT2D eigenvalue weighted by Crippen LogP contribution is -2.21. The van der Waals surface area contributed by atoms with E-state index < -0.39 is 12.0 Å². The molecule has 0 aliphatic heterocycles. The van der Waals surface area contributed by atoms with E-state index in [-0.39, 0.29) is 19.4 Å². The molecule has 32 heavy (non-hydrogen) atoms. The van der Waals surface area contributed by atoms with Gasteiger partial charge in [-0.2, -0.15) is 4.98 Å². The number of carbonyl (C=O) groups is 1. The van der Waals surface area contributed by atoms with Gasteiger partial charge >= 0.3 is 0 Å². The number of aliphatic hydroxyl groups is 1. The number of benzene rings is 1. The second kappa shape index (κ2) is 10.3. The molecular weight excluding hydrogens is 426 g/mol. The monoisotopic (exact) mass is 457 g/mol. The molecule has 172 valence electrons. The van der Waals surface area contributed by atoms with Gasteiger partial charge in [-0.1, -0.05) is 19.0 Å². The van der Waals surface area contributed by atoms with Crippen LogP contribution >= 0.6 is 11.3 Å². The Kier molecular flexibility index (Phi) is 7.69. The second-order valence-electron chi connectivity index (χ2n) is 8.65. The highest BCUT2D eigenvalue weighted by atomic mass is 32.1. The van der Waals surface area contributed by atoms with Gasteiger partial charge in [0.15, 0.2) is 0 Å². The third-order valence-corrected chi connectivity index (χ3v) is 6.38. The van der Waals surface area contributed by atoms with Crippen LogP contribution < -0.4 is 10.5 Å². The van der Waals surface area contributed by atoms with E-state index in [1.54, 1.807) is 11.3 Å². The van der Waals surface area contributed by atoms with Crippen molar-refractivity contribution >= 4 is 17.2 Å². The molecule has 8 heteroatoms. The molecule has 0 saturated heterocycles. The first-order valence-electron chi connectivity index (χ1n) is 10.8. The van der Waals surface area contributed by atoms with Gasteiger partial charge in [0.2, 0.25) is 11.7 Å². The van der Waals surface area contributed by atoms with Crippen LogP contribution in [0.1, 0.15) is 48.9 Å². The Morgan fingerprint density at radius 3 is 2.56 bits per heavy atom. The van der Waals surface area contributed by atoms with Crippen molar-refractivity contribution in [2.75, 3.05) is 6.61 Å². The first kappa shape index (κ1) is 23.9. The lowest BCUT2D eigenvalue weighted by Gasteiger charge is -2.16. The number of ether oxygens (including phenoxy) is 1. The van der Waals surface area contributed by atoms with Crippen LogP contribution in [0.3, 0.4) is 0 Å². The minimum absolute atomic E-state index is 0.0926. The van der Waals surface area contributed by atoms with Gasteiger partial charge in [-0.3, -0.25) is 4.79 Å². The van der Waals surface area contributed by atoms with Crippen LogP contribution in [0.4, 0.5) is 0 Å². The zero-order chi connectivity index (χ0) is 23.4. The summed E-state index contributed by atoms with van der Waals surface area (Å²) in [7, 11) is 0. The number of rotatable bonds is 10. The molecule has 2 aromatic heterocycles. The molecule has 7 nitrogen and oxygen atoms in total. The van der Waals surface area contributed by atoms with E-state index in [1.807, 2.05) is 26.0 Å². The number of amides is 1. The third kappa shape index (κ3) is 5.75. The third-order valence-electron chi connectivity index (χ3n) is 5.25. The second-order valence-corrected chi connectivity index (χ2v) is 9.52. The van der Waals surface area contributed by atoms with Crippen LogP contribution in [-0.4, -0.2) is 33.9 Å². The predicted molar refractivity (Wildman–Crippen MR) is 126 cm³/mol. The van der Waals surface area contributed by atoms with Crippen molar-refractivity contribution in [1.29, 1.82) is 0 Å². The lowest BCUT2D eigenvalue weighted by atomic mass is 10.0. The Hall–Kier alpha value is -2.71. The maximum Gasteiger partial charge on any atom is 0.258 e. The van der Waals surface area contributed by atoms with Gasteiger partial charge in [0.25, 0.3) is 5.89 Å². The number of carbonyl (C=O) groups excluding carboxylic acids is 1. The molecule has 0 unspecified atom stereocenters. The highest BCUT2D eigenvalue weighted by molar-refractivity contribution is 7.13. The number of nitrogens with zero attached hydrogens (tertiary/aromatic N) is 2. The van der Waals surface area contributed by atoms with E-state index in [4.69, 9.17) is 15.0 Å². The van der Waals surface area contributed by atoms with Gasteiger partial charge in [-0.25, -0.2) is 0 Å². The van der Waals surface area contributed by atoms with E-state index in [0.717, 1.165) is 28.0 Å². The number of nitrogens with two attached hydrogens (primary N) is 1. The quantitative estimate of drug-likeness (QED) is 0.460. The number of hydrogen-bond donors (Lipinski definition) is 2. The largest absolute Gasteiger partial charge is 0.490 e. The number of hydrogen-bond acceptors (Lipinski definition) is 7. The molecule has 0 radical (unpaired) electrons.